The van der Waals surface area contributed by atoms with Gasteiger partial charge in [0, 0.05) is 16.5 Å². The van der Waals surface area contributed by atoms with E-state index in [1.807, 2.05) is 0 Å². The highest BCUT2D eigenvalue weighted by Crippen LogP contribution is 2.42. The average molecular weight is 469 g/mol. The van der Waals surface area contributed by atoms with Gasteiger partial charge >= 0.3 is 5.97 Å². The number of ether oxygens (including phenoxy) is 1. The number of aliphatic hydroxyl groups is 1. The van der Waals surface area contributed by atoms with Gasteiger partial charge in [-0.05, 0) is 67.2 Å². The number of carbonyl (C=O) groups is 1. The maximum absolute atomic E-state index is 13.5. The van der Waals surface area contributed by atoms with Gasteiger partial charge in [-0.1, -0.05) is 6.92 Å². The van der Waals surface area contributed by atoms with E-state index in [-0.39, 0.29) is 24.3 Å². The van der Waals surface area contributed by atoms with Crippen molar-refractivity contribution in [2.75, 3.05) is 24.5 Å². The van der Waals surface area contributed by atoms with Gasteiger partial charge in [-0.2, -0.15) is 0 Å². The van der Waals surface area contributed by atoms with Crippen molar-refractivity contribution in [2.24, 2.45) is 0 Å². The van der Waals surface area contributed by atoms with Gasteiger partial charge in [0.25, 0.3) is 5.56 Å². The maximum atomic E-state index is 13.5. The van der Waals surface area contributed by atoms with Crippen LogP contribution in [0.3, 0.4) is 0 Å². The third-order valence-corrected chi connectivity index (χ3v) is 8.18. The summed E-state index contributed by atoms with van der Waals surface area (Å²) in [7, 11) is -0.771. The van der Waals surface area contributed by atoms with Crippen LogP contribution < -0.4 is 5.56 Å². The molecule has 5 rings (SSSR count). The summed E-state index contributed by atoms with van der Waals surface area (Å²) in [5.41, 5.74) is 2.63. The summed E-state index contributed by atoms with van der Waals surface area (Å²) in [6.07, 6.45) is 7.73. The van der Waals surface area contributed by atoms with Gasteiger partial charge in [-0.3, -0.25) is 4.79 Å². The van der Waals surface area contributed by atoms with E-state index in [0.717, 1.165) is 34.2 Å². The van der Waals surface area contributed by atoms with E-state index in [1.54, 1.807) is 35.8 Å². The first-order valence-corrected chi connectivity index (χ1v) is 14.0. The molecule has 0 aliphatic carbocycles. The van der Waals surface area contributed by atoms with Crippen LogP contribution >= 0.6 is 10.0 Å². The molecule has 0 saturated carbocycles. The molecule has 4 heterocycles. The Hall–Kier alpha value is -2.84. The van der Waals surface area contributed by atoms with Crippen LogP contribution in [0.25, 0.3) is 22.3 Å². The smallest absolute Gasteiger partial charge is 0.343 e. The van der Waals surface area contributed by atoms with Crippen molar-refractivity contribution in [3.8, 4) is 17.1 Å². The molecule has 1 aromatic carbocycles. The van der Waals surface area contributed by atoms with Crippen molar-refractivity contribution >= 4 is 26.9 Å². The number of fused-ring (bicyclic) bond motifs is 5. The van der Waals surface area contributed by atoms with E-state index >= 15 is 0 Å². The minimum atomic E-state index is -1.84. The molecule has 174 valence electrons. The highest BCUT2D eigenvalue weighted by molar-refractivity contribution is 8.32. The first-order valence-electron chi connectivity index (χ1n) is 11.0. The molecule has 3 aromatic rings. The van der Waals surface area contributed by atoms with Gasteiger partial charge in [0.2, 0.25) is 0 Å². The minimum absolute atomic E-state index is 0.110. The first kappa shape index (κ1) is 22.0. The van der Waals surface area contributed by atoms with Crippen molar-refractivity contribution in [1.29, 1.82) is 0 Å². The highest BCUT2D eigenvalue weighted by Gasteiger charge is 2.45. The Morgan fingerprint density at radius 1 is 1.18 bits per heavy atom. The van der Waals surface area contributed by atoms with Crippen LogP contribution in [-0.2, 0) is 34.7 Å². The lowest BCUT2D eigenvalue weighted by Crippen LogP contribution is -2.44. The monoisotopic (exact) mass is 468 g/mol. The van der Waals surface area contributed by atoms with Gasteiger partial charge in [0.15, 0.2) is 5.60 Å². The topological polar surface area (TPSA) is 102 Å². The Morgan fingerprint density at radius 3 is 2.64 bits per heavy atom. The number of hydrogen-bond donors (Lipinski definition) is 2. The predicted molar refractivity (Wildman–Crippen MR) is 130 cm³/mol. The maximum Gasteiger partial charge on any atom is 0.343 e. The van der Waals surface area contributed by atoms with E-state index in [9.17, 15) is 19.8 Å². The lowest BCUT2D eigenvalue weighted by atomic mass is 9.86. The fourth-order valence-corrected chi connectivity index (χ4v) is 5.66. The lowest BCUT2D eigenvalue weighted by molar-refractivity contribution is -0.172. The number of hydrogen-bond acceptors (Lipinski definition) is 6. The predicted octanol–water partition coefficient (Wildman–Crippen LogP) is 3.02. The van der Waals surface area contributed by atoms with Gasteiger partial charge < -0.3 is 19.5 Å². The number of pyridine rings is 2. The Bertz CT molecular complexity index is 1390. The second-order valence-corrected chi connectivity index (χ2v) is 14.4. The number of cyclic esters (lactones) is 1. The van der Waals surface area contributed by atoms with Crippen molar-refractivity contribution < 1.29 is 19.7 Å². The summed E-state index contributed by atoms with van der Waals surface area (Å²) >= 11 is 0. The van der Waals surface area contributed by atoms with Gasteiger partial charge in [0.1, 0.15) is 12.4 Å². The zero-order valence-electron chi connectivity index (χ0n) is 19.3. The number of aromatic hydroxyl groups is 1. The second kappa shape index (κ2) is 7.33. The summed E-state index contributed by atoms with van der Waals surface area (Å²) in [6.45, 7) is 1.92. The summed E-state index contributed by atoms with van der Waals surface area (Å²) in [6, 6.07) is 6.89. The third kappa shape index (κ3) is 3.35. The van der Waals surface area contributed by atoms with Crippen LogP contribution in [0.1, 0.15) is 35.6 Å². The van der Waals surface area contributed by atoms with Gasteiger partial charge in [0.05, 0.1) is 29.0 Å². The molecule has 7 nitrogen and oxygen atoms in total. The number of phenols is 1. The van der Waals surface area contributed by atoms with Crippen molar-refractivity contribution in [1.82, 2.24) is 9.55 Å². The van der Waals surface area contributed by atoms with E-state index in [4.69, 9.17) is 9.72 Å². The Kier molecular flexibility index (Phi) is 4.88. The molecule has 0 bridgehead atoms. The Balaban J connectivity index is 1.77. The van der Waals surface area contributed by atoms with E-state index in [2.05, 4.69) is 18.8 Å². The molecule has 0 radical (unpaired) electrons. The molecule has 2 aliphatic rings. The number of carbonyl (C=O) groups excluding carboxylic acids is 1. The van der Waals surface area contributed by atoms with Crippen molar-refractivity contribution in [3.63, 3.8) is 0 Å². The summed E-state index contributed by atoms with van der Waals surface area (Å²) in [4.78, 5) is 30.7. The van der Waals surface area contributed by atoms with Crippen molar-refractivity contribution in [3.05, 3.63) is 56.9 Å². The molecule has 33 heavy (non-hydrogen) atoms. The highest BCUT2D eigenvalue weighted by atomic mass is 32.3. The van der Waals surface area contributed by atoms with Crippen LogP contribution in [0.5, 0.6) is 5.75 Å². The molecule has 0 amide bonds. The first-order chi connectivity index (χ1) is 15.5. The largest absolute Gasteiger partial charge is 0.508 e. The van der Waals surface area contributed by atoms with E-state index < -0.39 is 21.6 Å². The van der Waals surface area contributed by atoms with Crippen LogP contribution in [-0.4, -0.2) is 50.3 Å². The molecule has 1 atom stereocenters. The summed E-state index contributed by atoms with van der Waals surface area (Å²) < 4.78 is 6.83. The number of esters is 1. The lowest BCUT2D eigenvalue weighted by Gasteiger charge is -2.31. The molecular weight excluding hydrogens is 440 g/mol. The fraction of sp³-hybridized carbons (Fsp3) is 0.400. The Labute approximate surface area is 193 Å². The normalized spacial score (nSPS) is 19.7. The molecule has 2 aliphatic heterocycles. The van der Waals surface area contributed by atoms with Gasteiger partial charge in [-0.25, -0.2) is 19.8 Å². The quantitative estimate of drug-likeness (QED) is 0.447. The zero-order valence-corrected chi connectivity index (χ0v) is 20.1. The standard InChI is InChI=1S/C25H28N2O5S/c1-5-25(31)19-11-21-22-17(12-27(21)23(29)18(19)13-32-24(25)30)15(8-9-33(2,3)4)16-10-14(28)6-7-20(16)26-22/h6-7,10-11,28,31H,5,8-9,12-13H2,1-4H3/t25-/m0/s1. The number of nitrogens with zero attached hydrogens (tertiary/aromatic N) is 2. The number of aromatic nitrogens is 2. The molecule has 0 unspecified atom stereocenters. The van der Waals surface area contributed by atoms with Crippen LogP contribution in [0, 0.1) is 0 Å². The molecule has 8 heteroatoms. The van der Waals surface area contributed by atoms with Crippen molar-refractivity contribution in [2.45, 2.75) is 38.5 Å². The molecule has 2 N–H and O–H groups in total. The summed E-state index contributed by atoms with van der Waals surface area (Å²) in [5.74, 6) is 0.463. The zero-order chi connectivity index (χ0) is 23.7. The van der Waals surface area contributed by atoms with Gasteiger partial charge in [-0.15, -0.1) is 0 Å². The SMILES string of the molecule is CC[C@@]1(O)C(=O)OCc2c1cc1n(c2=O)Cc2c-1nc1ccc(O)cc1c2CCS(C)(C)C. The number of rotatable bonds is 4. The molecule has 0 spiro atoms. The fourth-order valence-electron chi connectivity index (χ4n) is 4.84. The molecule has 2 aromatic heterocycles. The molecule has 0 fully saturated rings. The average Bonchev–Trinajstić information content (AvgIpc) is 3.12. The van der Waals surface area contributed by atoms with Crippen LogP contribution in [0.2, 0.25) is 0 Å². The second-order valence-electron chi connectivity index (χ2n) is 9.77. The van der Waals surface area contributed by atoms with E-state index in [0.29, 0.717) is 29.1 Å². The number of aryl methyl sites for hydroxylation is 1. The minimum Gasteiger partial charge on any atom is -0.508 e. The van der Waals surface area contributed by atoms with E-state index in [1.165, 1.54) is 0 Å². The molecular formula is C25H28N2O5S. The number of phenolic OH excluding ortho intramolecular Hbond substituents is 1. The molecule has 0 saturated heterocycles. The summed E-state index contributed by atoms with van der Waals surface area (Å²) in [5, 5.41) is 22.1. The Morgan fingerprint density at radius 2 is 1.94 bits per heavy atom. The third-order valence-electron chi connectivity index (χ3n) is 6.75. The number of benzene rings is 1. The van der Waals surface area contributed by atoms with Crippen LogP contribution in [0.4, 0.5) is 0 Å². The van der Waals surface area contributed by atoms with Crippen LogP contribution in [0.15, 0.2) is 29.1 Å².